The maximum Gasteiger partial charge on any atom is 0.320 e. The maximum atomic E-state index is 12.2. The van der Waals surface area contributed by atoms with Crippen molar-refractivity contribution in [1.82, 2.24) is 30.6 Å². The van der Waals surface area contributed by atoms with Crippen LogP contribution in [-0.4, -0.2) is 64.8 Å². The largest absolute Gasteiger partial charge is 0.422 e. The van der Waals surface area contributed by atoms with Crippen LogP contribution in [0.3, 0.4) is 0 Å². The maximum absolute atomic E-state index is 12.2. The fourth-order valence-electron chi connectivity index (χ4n) is 3.23. The minimum atomic E-state index is -0.0645. The number of hydrogen-bond acceptors (Lipinski definition) is 6. The molecule has 0 radical (unpaired) electrons. The normalized spacial score (nSPS) is 29.1. The first-order valence-electron chi connectivity index (χ1n) is 7.52. The van der Waals surface area contributed by atoms with Gasteiger partial charge in [-0.25, -0.2) is 4.79 Å². The summed E-state index contributed by atoms with van der Waals surface area (Å²) >= 11 is 0. The van der Waals surface area contributed by atoms with E-state index < -0.39 is 0 Å². The molecule has 21 heavy (non-hydrogen) atoms. The quantitative estimate of drug-likeness (QED) is 0.792. The molecule has 114 valence electrons. The number of nitrogens with one attached hydrogen (secondary N) is 2. The second-order valence-electron chi connectivity index (χ2n) is 6.06. The molecule has 2 bridgehead atoms. The number of amides is 2. The number of carbonyl (C=O) groups excluding carboxylic acids is 1. The van der Waals surface area contributed by atoms with Gasteiger partial charge in [0.15, 0.2) is 0 Å². The summed E-state index contributed by atoms with van der Waals surface area (Å²) in [7, 11) is 1.87. The van der Waals surface area contributed by atoms with Crippen LogP contribution < -0.4 is 10.6 Å². The lowest BCUT2D eigenvalue weighted by Gasteiger charge is -2.28. The molecule has 4 rings (SSSR count). The van der Waals surface area contributed by atoms with Crippen LogP contribution in [-0.2, 0) is 6.54 Å². The molecular formula is C13H20N6O2. The van der Waals surface area contributed by atoms with Crippen LogP contribution in [0.1, 0.15) is 30.7 Å². The Morgan fingerprint density at radius 3 is 3.00 bits per heavy atom. The lowest BCUT2D eigenvalue weighted by atomic mass is 10.0. The van der Waals surface area contributed by atoms with Crippen LogP contribution in [0.25, 0.3) is 0 Å². The van der Waals surface area contributed by atoms with E-state index in [0.29, 0.717) is 30.4 Å². The number of fused-ring (bicyclic) bond motifs is 2. The Morgan fingerprint density at radius 1 is 1.38 bits per heavy atom. The lowest BCUT2D eigenvalue weighted by Crippen LogP contribution is -2.55. The van der Waals surface area contributed by atoms with E-state index in [1.54, 1.807) is 0 Å². The van der Waals surface area contributed by atoms with E-state index in [2.05, 4.69) is 20.8 Å². The monoisotopic (exact) mass is 292 g/mol. The zero-order valence-corrected chi connectivity index (χ0v) is 12.1. The molecule has 2 atom stereocenters. The fraction of sp³-hybridized carbons (Fsp3) is 0.769. The molecule has 2 N–H and O–H groups in total. The van der Waals surface area contributed by atoms with Gasteiger partial charge in [-0.3, -0.25) is 0 Å². The van der Waals surface area contributed by atoms with Crippen molar-refractivity contribution in [2.75, 3.05) is 26.7 Å². The number of rotatable bonds is 4. The summed E-state index contributed by atoms with van der Waals surface area (Å²) in [6, 6.07) is 0.833. The molecule has 0 aliphatic carbocycles. The van der Waals surface area contributed by atoms with Crippen LogP contribution in [0.5, 0.6) is 0 Å². The van der Waals surface area contributed by atoms with Crippen molar-refractivity contribution in [3.63, 3.8) is 0 Å². The van der Waals surface area contributed by atoms with Crippen molar-refractivity contribution in [2.24, 2.45) is 0 Å². The van der Waals surface area contributed by atoms with Gasteiger partial charge in [0, 0.05) is 32.7 Å². The van der Waals surface area contributed by atoms with Crippen molar-refractivity contribution in [1.29, 1.82) is 0 Å². The number of aromatic nitrogens is 2. The van der Waals surface area contributed by atoms with E-state index in [1.165, 1.54) is 0 Å². The van der Waals surface area contributed by atoms with E-state index in [0.717, 1.165) is 32.5 Å². The Balaban J connectivity index is 1.44. The number of piperidine rings is 1. The van der Waals surface area contributed by atoms with Gasteiger partial charge in [-0.05, 0) is 12.8 Å². The van der Waals surface area contributed by atoms with Crippen molar-refractivity contribution in [3.8, 4) is 0 Å². The molecule has 0 aromatic carbocycles. The summed E-state index contributed by atoms with van der Waals surface area (Å²) in [4.78, 5) is 15.9. The van der Waals surface area contributed by atoms with Gasteiger partial charge >= 0.3 is 6.03 Å². The van der Waals surface area contributed by atoms with Gasteiger partial charge in [0.2, 0.25) is 11.8 Å². The highest BCUT2D eigenvalue weighted by Crippen LogP contribution is 2.36. The first-order chi connectivity index (χ1) is 10.2. The molecule has 1 aromatic rings. The summed E-state index contributed by atoms with van der Waals surface area (Å²) in [6.07, 6.45) is 1.88. The minimum absolute atomic E-state index is 0.0645. The van der Waals surface area contributed by atoms with Gasteiger partial charge in [0.25, 0.3) is 0 Å². The average Bonchev–Trinajstić information content (AvgIpc) is 2.99. The van der Waals surface area contributed by atoms with E-state index in [4.69, 9.17) is 4.42 Å². The third-order valence-electron chi connectivity index (χ3n) is 4.74. The first kappa shape index (κ1) is 13.0. The summed E-state index contributed by atoms with van der Waals surface area (Å²) in [5.74, 6) is 1.17. The average molecular weight is 292 g/mol. The van der Waals surface area contributed by atoms with Gasteiger partial charge in [-0.15, -0.1) is 10.2 Å². The Bertz CT molecular complexity index is 543. The van der Waals surface area contributed by atoms with Gasteiger partial charge in [0.05, 0.1) is 12.6 Å². The molecule has 2 unspecified atom stereocenters. The number of urea groups is 1. The van der Waals surface area contributed by atoms with E-state index in [-0.39, 0.29) is 12.1 Å². The van der Waals surface area contributed by atoms with Crippen LogP contribution in [0.4, 0.5) is 4.79 Å². The molecule has 0 saturated carbocycles. The lowest BCUT2D eigenvalue weighted by molar-refractivity contribution is 0.165. The highest BCUT2D eigenvalue weighted by molar-refractivity contribution is 5.77. The van der Waals surface area contributed by atoms with Gasteiger partial charge in [-0.1, -0.05) is 0 Å². The molecule has 3 aliphatic heterocycles. The molecule has 0 spiro atoms. The van der Waals surface area contributed by atoms with Crippen LogP contribution in [0.15, 0.2) is 4.42 Å². The topological polar surface area (TPSA) is 86.5 Å². The Morgan fingerprint density at radius 2 is 2.24 bits per heavy atom. The first-order valence-corrected chi connectivity index (χ1v) is 7.52. The van der Waals surface area contributed by atoms with Gasteiger partial charge < -0.3 is 24.9 Å². The molecule has 8 heteroatoms. The number of nitrogens with zero attached hydrogens (tertiary/aromatic N) is 4. The second-order valence-corrected chi connectivity index (χ2v) is 6.06. The Kier molecular flexibility index (Phi) is 3.07. The van der Waals surface area contributed by atoms with Crippen LogP contribution >= 0.6 is 0 Å². The van der Waals surface area contributed by atoms with E-state index in [1.807, 2.05) is 16.8 Å². The van der Waals surface area contributed by atoms with Crippen LogP contribution in [0, 0.1) is 0 Å². The molecule has 1 aromatic heterocycles. The minimum Gasteiger partial charge on any atom is -0.422 e. The third-order valence-corrected chi connectivity index (χ3v) is 4.74. The van der Waals surface area contributed by atoms with Crippen molar-refractivity contribution < 1.29 is 9.21 Å². The molecule has 2 amide bonds. The summed E-state index contributed by atoms with van der Waals surface area (Å²) < 4.78 is 5.76. The second kappa shape index (κ2) is 4.96. The van der Waals surface area contributed by atoms with E-state index >= 15 is 0 Å². The molecular weight excluding hydrogens is 272 g/mol. The molecule has 3 saturated heterocycles. The summed E-state index contributed by atoms with van der Waals surface area (Å²) in [6.45, 7) is 3.32. The van der Waals surface area contributed by atoms with Gasteiger partial charge in [-0.2, -0.15) is 0 Å². The highest BCUT2D eigenvalue weighted by Gasteiger charge is 2.45. The molecule has 3 fully saturated rings. The smallest absolute Gasteiger partial charge is 0.320 e. The number of likely N-dealkylation sites (N-methyl/N-ethyl adjacent to an activating group) is 1. The standard InChI is InChI=1S/C13H20N6O2/c1-18-9-2-3-10(19(7-9)13(18)20)12-17-16-11(21-12)6-15-8-4-14-5-8/h8-10,14-15H,2-7H2,1H3. The summed E-state index contributed by atoms with van der Waals surface area (Å²) in [5.41, 5.74) is 0. The predicted octanol–water partition coefficient (Wildman–Crippen LogP) is -0.298. The molecule has 8 nitrogen and oxygen atoms in total. The van der Waals surface area contributed by atoms with Gasteiger partial charge in [0.1, 0.15) is 6.04 Å². The van der Waals surface area contributed by atoms with Crippen LogP contribution in [0.2, 0.25) is 0 Å². The summed E-state index contributed by atoms with van der Waals surface area (Å²) in [5, 5.41) is 14.8. The third kappa shape index (κ3) is 2.18. The Labute approximate surface area is 122 Å². The number of carbonyl (C=O) groups is 1. The zero-order valence-electron chi connectivity index (χ0n) is 12.1. The molecule has 3 aliphatic rings. The van der Waals surface area contributed by atoms with Crippen molar-refractivity contribution in [2.45, 2.75) is 37.5 Å². The van der Waals surface area contributed by atoms with E-state index in [9.17, 15) is 4.79 Å². The predicted molar refractivity (Wildman–Crippen MR) is 73.4 cm³/mol. The van der Waals surface area contributed by atoms with Crippen molar-refractivity contribution >= 4 is 6.03 Å². The molecule has 4 heterocycles. The Hall–Kier alpha value is -1.67. The SMILES string of the molecule is CN1C(=O)N2CC1CCC2c1nnc(CNC2CNC2)o1. The fourth-order valence-corrected chi connectivity index (χ4v) is 3.23. The number of hydrogen-bond donors (Lipinski definition) is 2. The zero-order chi connectivity index (χ0) is 14.4. The van der Waals surface area contributed by atoms with Crippen molar-refractivity contribution in [3.05, 3.63) is 11.8 Å². The highest BCUT2D eigenvalue weighted by atomic mass is 16.4.